The molecule has 2 aliphatic rings. The van der Waals surface area contributed by atoms with Crippen LogP contribution in [0.5, 0.6) is 5.75 Å². The number of nitrogens with zero attached hydrogens (tertiary/aromatic N) is 5. The molecule has 0 saturated carbocycles. The van der Waals surface area contributed by atoms with E-state index in [1.807, 2.05) is 6.07 Å². The van der Waals surface area contributed by atoms with Crippen LogP contribution in [0.4, 0.5) is 19.0 Å². The lowest BCUT2D eigenvalue weighted by atomic mass is 9.95. The van der Waals surface area contributed by atoms with E-state index in [0.29, 0.717) is 18.4 Å². The predicted molar refractivity (Wildman–Crippen MR) is 189 cm³/mol. The fourth-order valence-electron chi connectivity index (χ4n) is 6.26. The number of nitrogen functional groups attached to an aromatic ring is 1. The molecule has 2 fully saturated rings. The van der Waals surface area contributed by atoms with Crippen LogP contribution in [0.1, 0.15) is 58.3 Å². The maximum atomic E-state index is 14.5. The number of hydrogen-bond donors (Lipinski definition) is 2. The highest BCUT2D eigenvalue weighted by molar-refractivity contribution is 7.52. The minimum absolute atomic E-state index is 0.0476. The van der Waals surface area contributed by atoms with Gasteiger partial charge in [0.2, 0.25) is 5.60 Å². The topological polar surface area (TPSA) is 219 Å². The number of para-hydroxylation sites is 1. The minimum Gasteiger partial charge on any atom is -0.464 e. The highest BCUT2D eigenvalue weighted by Gasteiger charge is 2.62. The number of likely N-dealkylation sites (tertiary alicyclic amines) is 1. The predicted octanol–water partition coefficient (Wildman–Crippen LogP) is 4.29. The molecular formula is C35H43F3N7O10P. The minimum atomic E-state index is -4.68. The van der Waals surface area contributed by atoms with Gasteiger partial charge < -0.3 is 29.2 Å². The number of halogens is 3. The second-order valence-electron chi connectivity index (χ2n) is 13.3. The van der Waals surface area contributed by atoms with Crippen molar-refractivity contribution >= 4 is 37.0 Å². The van der Waals surface area contributed by atoms with E-state index in [9.17, 15) is 37.4 Å². The summed E-state index contributed by atoms with van der Waals surface area (Å²) >= 11 is 0. The number of carbonyl (C=O) groups is 3. The molecule has 6 atom stereocenters. The molecule has 304 valence electrons. The molecule has 0 spiro atoms. The number of nitrogens with one attached hydrogen (secondary N) is 1. The molecular weight excluding hydrogens is 766 g/mol. The molecule has 1 aromatic carbocycles. The van der Waals surface area contributed by atoms with Gasteiger partial charge in [0.05, 0.1) is 18.8 Å². The van der Waals surface area contributed by atoms with Crippen molar-refractivity contribution in [3.05, 3.63) is 54.5 Å². The van der Waals surface area contributed by atoms with Gasteiger partial charge in [0.1, 0.15) is 42.4 Å². The molecule has 2 aliphatic heterocycles. The van der Waals surface area contributed by atoms with E-state index in [4.69, 9.17) is 33.7 Å². The monoisotopic (exact) mass is 809 g/mol. The zero-order chi connectivity index (χ0) is 40.7. The molecule has 0 radical (unpaired) electrons. The quantitative estimate of drug-likeness (QED) is 0.117. The average molecular weight is 810 g/mol. The number of esters is 3. The Labute approximate surface area is 320 Å². The number of ether oxygens (including phenoxy) is 4. The molecule has 0 aliphatic carbocycles. The van der Waals surface area contributed by atoms with Crippen molar-refractivity contribution in [1.82, 2.24) is 24.6 Å². The molecule has 4 heterocycles. The van der Waals surface area contributed by atoms with Crippen LogP contribution in [0.25, 0.3) is 5.52 Å². The van der Waals surface area contributed by atoms with Gasteiger partial charge in [-0.2, -0.15) is 28.6 Å². The summed E-state index contributed by atoms with van der Waals surface area (Å²) in [6.45, 7) is 2.72. The fourth-order valence-corrected chi connectivity index (χ4v) is 7.78. The number of piperidine rings is 1. The van der Waals surface area contributed by atoms with E-state index in [1.165, 1.54) is 48.6 Å². The van der Waals surface area contributed by atoms with E-state index in [2.05, 4.69) is 15.2 Å². The van der Waals surface area contributed by atoms with Gasteiger partial charge in [-0.15, -0.1) is 0 Å². The fraction of sp³-hybridized carbons (Fsp3) is 0.543. The van der Waals surface area contributed by atoms with Crippen LogP contribution in [0.15, 0.2) is 48.8 Å². The average Bonchev–Trinajstić information content (AvgIpc) is 3.73. The van der Waals surface area contributed by atoms with E-state index in [1.54, 1.807) is 30.3 Å². The summed E-state index contributed by atoms with van der Waals surface area (Å²) in [5, 5.41) is 17.5. The molecule has 3 N–H and O–H groups in total. The molecule has 17 nitrogen and oxygen atoms in total. The number of nitriles is 1. The van der Waals surface area contributed by atoms with Crippen molar-refractivity contribution in [3.63, 3.8) is 0 Å². The van der Waals surface area contributed by atoms with Crippen molar-refractivity contribution in [3.8, 4) is 11.8 Å². The zero-order valence-electron chi connectivity index (χ0n) is 30.8. The maximum Gasteiger partial charge on any atom is 0.459 e. The molecule has 2 aromatic heterocycles. The molecule has 0 amide bonds. The first-order valence-electron chi connectivity index (χ1n) is 17.9. The molecule has 3 aromatic rings. The van der Waals surface area contributed by atoms with Crippen LogP contribution < -0.4 is 15.3 Å². The lowest BCUT2D eigenvalue weighted by molar-refractivity contribution is -0.169. The number of nitrogens with two attached hydrogens (primary N) is 1. The lowest BCUT2D eigenvalue weighted by Gasteiger charge is -2.32. The van der Waals surface area contributed by atoms with E-state index in [0.717, 1.165) is 0 Å². The van der Waals surface area contributed by atoms with E-state index < -0.39 is 74.9 Å². The summed E-state index contributed by atoms with van der Waals surface area (Å²) < 4.78 is 89.2. The first-order valence-corrected chi connectivity index (χ1v) is 19.4. The summed E-state index contributed by atoms with van der Waals surface area (Å²) in [5.74, 6) is -2.40. The number of benzene rings is 1. The van der Waals surface area contributed by atoms with Crippen LogP contribution in [0, 0.1) is 17.2 Å². The number of aromatic nitrogens is 3. The van der Waals surface area contributed by atoms with Crippen LogP contribution in [0.2, 0.25) is 0 Å². The molecule has 56 heavy (non-hydrogen) atoms. The Balaban J connectivity index is 1.39. The highest BCUT2D eigenvalue weighted by Crippen LogP contribution is 2.50. The Kier molecular flexibility index (Phi) is 13.6. The third-order valence-corrected chi connectivity index (χ3v) is 10.8. The van der Waals surface area contributed by atoms with Gasteiger partial charge in [0.25, 0.3) is 0 Å². The van der Waals surface area contributed by atoms with Crippen LogP contribution in [-0.2, 0) is 42.4 Å². The SMILES string of the molecule is CCC(=O)O[C@H]1[C@H](c2ccc3c(N)ncnn23)O[C@](C#N)(CO[P@](=O)(N[C@@H](C)C(=O)OCC2CCN(CC(F)(F)F)CC2)Oc2ccccc2)[C@H]1OC(=O)CC. The standard InChI is InChI=1S/C35H43F3N7O10P/c1-4-27(46)52-30-29(25-11-12-26-32(40)41-21-42-45(25)26)54-34(18-39,31(30)53-28(47)5-2)20-51-56(49,55-24-9-7-6-8-10-24)43-22(3)33(48)50-17-23-13-15-44(16-14-23)19-35(36,37)38/h6-12,21-23,29-31H,4-5,13-17,19-20H2,1-3H3,(H,43,49)(H2,40,41,42)/t22-,29-,30-,31-,34+,56+/m0/s1. The summed E-state index contributed by atoms with van der Waals surface area (Å²) in [7, 11) is -4.68. The molecule has 5 rings (SSSR count). The Morgan fingerprint density at radius 3 is 2.43 bits per heavy atom. The van der Waals surface area contributed by atoms with Crippen molar-refractivity contribution < 1.29 is 60.1 Å². The third kappa shape index (κ3) is 10.3. The molecule has 2 saturated heterocycles. The van der Waals surface area contributed by atoms with Gasteiger partial charge in [-0.1, -0.05) is 32.0 Å². The summed E-state index contributed by atoms with van der Waals surface area (Å²) in [6.07, 6.45) is -7.05. The highest BCUT2D eigenvalue weighted by atomic mass is 31.2. The lowest BCUT2D eigenvalue weighted by Crippen LogP contribution is -2.49. The Hall–Kier alpha value is -4.80. The van der Waals surface area contributed by atoms with Crippen molar-refractivity contribution in [1.29, 1.82) is 5.26 Å². The number of rotatable bonds is 16. The maximum absolute atomic E-state index is 14.5. The Morgan fingerprint density at radius 2 is 1.79 bits per heavy atom. The molecule has 0 bridgehead atoms. The van der Waals surface area contributed by atoms with Gasteiger partial charge in [-0.25, -0.2) is 14.1 Å². The first kappa shape index (κ1) is 42.3. The number of fused-ring (bicyclic) bond motifs is 1. The van der Waals surface area contributed by atoms with Crippen molar-refractivity contribution in [2.45, 2.75) is 82.6 Å². The van der Waals surface area contributed by atoms with Gasteiger partial charge in [-0.3, -0.25) is 23.8 Å². The third-order valence-electron chi connectivity index (χ3n) is 9.18. The van der Waals surface area contributed by atoms with Gasteiger partial charge in [0, 0.05) is 12.8 Å². The van der Waals surface area contributed by atoms with E-state index in [-0.39, 0.29) is 55.7 Å². The van der Waals surface area contributed by atoms with Gasteiger partial charge in [-0.05, 0) is 63.0 Å². The summed E-state index contributed by atoms with van der Waals surface area (Å²) in [5.41, 5.74) is 4.33. The summed E-state index contributed by atoms with van der Waals surface area (Å²) in [4.78, 5) is 44.0. The second kappa shape index (κ2) is 18.0. The Bertz CT molecular complexity index is 1940. The number of alkyl halides is 3. The van der Waals surface area contributed by atoms with Gasteiger partial charge in [0.15, 0.2) is 18.0 Å². The number of hydrogen-bond acceptors (Lipinski definition) is 15. The van der Waals surface area contributed by atoms with Crippen molar-refractivity contribution in [2.24, 2.45) is 5.92 Å². The number of anilines is 1. The number of carbonyl (C=O) groups excluding carboxylic acids is 3. The van der Waals surface area contributed by atoms with Crippen LogP contribution >= 0.6 is 7.75 Å². The van der Waals surface area contributed by atoms with Crippen molar-refractivity contribution in [2.75, 3.05) is 38.6 Å². The summed E-state index contributed by atoms with van der Waals surface area (Å²) in [6, 6.07) is 11.5. The normalized spacial score (nSPS) is 23.5. The van der Waals surface area contributed by atoms with Crippen LogP contribution in [-0.4, -0.2) is 100 Å². The molecule has 21 heteroatoms. The molecule has 0 unspecified atom stereocenters. The van der Waals surface area contributed by atoms with Gasteiger partial charge >= 0.3 is 31.8 Å². The Morgan fingerprint density at radius 1 is 1.11 bits per heavy atom. The van der Waals surface area contributed by atoms with Crippen LogP contribution in [0.3, 0.4) is 0 Å². The zero-order valence-corrected chi connectivity index (χ0v) is 31.7. The second-order valence-corrected chi connectivity index (χ2v) is 15.0. The largest absolute Gasteiger partial charge is 0.464 e. The smallest absolute Gasteiger partial charge is 0.459 e. The first-order chi connectivity index (χ1) is 26.6. The van der Waals surface area contributed by atoms with E-state index >= 15 is 0 Å².